The van der Waals surface area contributed by atoms with E-state index in [1.807, 2.05) is 12.2 Å². The van der Waals surface area contributed by atoms with Crippen LogP contribution in [0.3, 0.4) is 0 Å². The van der Waals surface area contributed by atoms with Gasteiger partial charge in [-0.1, -0.05) is 133 Å². The van der Waals surface area contributed by atoms with Crippen LogP contribution in [0.1, 0.15) is 149 Å². The Morgan fingerprint density at radius 1 is 0.614 bits per heavy atom. The maximum Gasteiger partial charge on any atom is 0.267 e. The maximum atomic E-state index is 12.4. The molecule has 7 nitrogen and oxygen atoms in total. The third kappa shape index (κ3) is 29.0. The number of amides is 1. The molecule has 256 valence electrons. The topological polar surface area (TPSA) is 124 Å². The van der Waals surface area contributed by atoms with Gasteiger partial charge in [-0.3, -0.25) is 9.35 Å². The minimum Gasteiger partial charge on any atom is -0.387 e. The Morgan fingerprint density at radius 3 is 1.52 bits per heavy atom. The van der Waals surface area contributed by atoms with E-state index < -0.39 is 40.0 Å². The van der Waals surface area contributed by atoms with E-state index in [-0.39, 0.29) is 6.42 Å². The molecule has 0 aliphatic rings. The summed E-state index contributed by atoms with van der Waals surface area (Å²) >= 11 is 0. The normalized spacial score (nSPS) is 14.8. The van der Waals surface area contributed by atoms with Crippen LogP contribution < -0.4 is 5.32 Å². The molecule has 0 aromatic carbocycles. The Balaban J connectivity index is 4.23. The van der Waals surface area contributed by atoms with Gasteiger partial charge >= 0.3 is 0 Å². The lowest BCUT2D eigenvalue weighted by Crippen LogP contribution is -2.50. The van der Waals surface area contributed by atoms with Gasteiger partial charge in [0, 0.05) is 0 Å². The van der Waals surface area contributed by atoms with Crippen molar-refractivity contribution in [3.63, 3.8) is 0 Å². The highest BCUT2D eigenvalue weighted by molar-refractivity contribution is 7.85. The van der Waals surface area contributed by atoms with Gasteiger partial charge in [-0.15, -0.1) is 0 Å². The molecule has 0 aromatic heterocycles. The molecule has 0 aromatic rings. The van der Waals surface area contributed by atoms with E-state index in [0.29, 0.717) is 12.8 Å². The third-order valence-electron chi connectivity index (χ3n) is 7.57. The van der Waals surface area contributed by atoms with Crippen molar-refractivity contribution < 1.29 is 28.0 Å². The van der Waals surface area contributed by atoms with E-state index >= 15 is 0 Å². The van der Waals surface area contributed by atoms with Gasteiger partial charge in [0.1, 0.15) is 6.10 Å². The molecule has 0 heterocycles. The largest absolute Gasteiger partial charge is 0.387 e. The van der Waals surface area contributed by atoms with Crippen molar-refractivity contribution in [2.45, 2.75) is 167 Å². The lowest BCUT2D eigenvalue weighted by Gasteiger charge is -2.22. The third-order valence-corrected chi connectivity index (χ3v) is 8.35. The highest BCUT2D eigenvalue weighted by atomic mass is 32.2. The van der Waals surface area contributed by atoms with E-state index in [2.05, 4.69) is 43.5 Å². The van der Waals surface area contributed by atoms with Crippen LogP contribution in [0, 0.1) is 0 Å². The van der Waals surface area contributed by atoms with Crippen molar-refractivity contribution in [2.75, 3.05) is 5.75 Å². The van der Waals surface area contributed by atoms with E-state index in [1.165, 1.54) is 83.1 Å². The maximum absolute atomic E-state index is 12.4. The molecule has 4 N–H and O–H groups in total. The standard InChI is InChI=1S/C36H65NO6S/c1-3-5-7-9-11-13-14-15-16-17-18-19-20-21-22-23-25-26-28-30-34(38)33(32-44(41,42)43)37-36(40)35(39)31-29-27-24-12-10-8-6-4-2/h18-19,22-24,27-28,30,33-35,38-39H,3-17,20-21,25-26,29,31-32H2,1-2H3,(H,37,40)(H,41,42,43)/b19-18+,23-22+,27-24-,30-28+. The van der Waals surface area contributed by atoms with Gasteiger partial charge in [-0.25, -0.2) is 0 Å². The average Bonchev–Trinajstić information content (AvgIpc) is 2.98. The average molecular weight is 640 g/mol. The van der Waals surface area contributed by atoms with Crippen LogP contribution in [0.2, 0.25) is 0 Å². The van der Waals surface area contributed by atoms with Crippen LogP contribution in [0.5, 0.6) is 0 Å². The molecular formula is C36H65NO6S. The number of allylic oxidation sites excluding steroid dienone is 7. The first-order valence-corrected chi connectivity index (χ1v) is 19.1. The fourth-order valence-electron chi connectivity index (χ4n) is 4.84. The van der Waals surface area contributed by atoms with Gasteiger partial charge in [0.05, 0.1) is 17.9 Å². The molecule has 0 aliphatic carbocycles. The summed E-state index contributed by atoms with van der Waals surface area (Å²) in [6.45, 7) is 4.42. The number of unbranched alkanes of at least 4 members (excludes halogenated alkanes) is 15. The van der Waals surface area contributed by atoms with Gasteiger partial charge in [-0.2, -0.15) is 8.42 Å². The van der Waals surface area contributed by atoms with E-state index in [4.69, 9.17) is 0 Å². The fraction of sp³-hybridized carbons (Fsp3) is 0.750. The highest BCUT2D eigenvalue weighted by Gasteiger charge is 2.27. The van der Waals surface area contributed by atoms with Crippen molar-refractivity contribution in [1.82, 2.24) is 5.32 Å². The molecule has 0 rings (SSSR count). The Labute approximate surface area is 270 Å². The summed E-state index contributed by atoms with van der Waals surface area (Å²) in [7, 11) is -4.46. The second-order valence-corrected chi connectivity index (χ2v) is 13.4. The Morgan fingerprint density at radius 2 is 1.02 bits per heavy atom. The first-order valence-electron chi connectivity index (χ1n) is 17.4. The molecule has 0 fully saturated rings. The summed E-state index contributed by atoms with van der Waals surface area (Å²) in [6.07, 6.45) is 36.3. The summed E-state index contributed by atoms with van der Waals surface area (Å²) < 4.78 is 32.2. The predicted octanol–water partition coefficient (Wildman–Crippen LogP) is 8.54. The van der Waals surface area contributed by atoms with Crippen LogP contribution in [0.25, 0.3) is 0 Å². The summed E-state index contributed by atoms with van der Waals surface area (Å²) in [6, 6.07) is -1.27. The van der Waals surface area contributed by atoms with E-state index in [1.54, 1.807) is 6.08 Å². The second kappa shape index (κ2) is 29.9. The Kier molecular flexibility index (Phi) is 28.8. The zero-order valence-electron chi connectivity index (χ0n) is 27.9. The summed E-state index contributed by atoms with van der Waals surface area (Å²) in [5, 5.41) is 23.1. The second-order valence-electron chi connectivity index (χ2n) is 11.9. The zero-order valence-corrected chi connectivity index (χ0v) is 28.7. The van der Waals surface area contributed by atoms with Crippen molar-refractivity contribution in [3.05, 3.63) is 48.6 Å². The lowest BCUT2D eigenvalue weighted by atomic mass is 10.1. The van der Waals surface area contributed by atoms with Crippen LogP contribution >= 0.6 is 0 Å². The van der Waals surface area contributed by atoms with Gasteiger partial charge < -0.3 is 15.5 Å². The molecular weight excluding hydrogens is 574 g/mol. The van der Waals surface area contributed by atoms with Gasteiger partial charge in [0.2, 0.25) is 5.91 Å². The summed E-state index contributed by atoms with van der Waals surface area (Å²) in [5.41, 5.74) is 0. The van der Waals surface area contributed by atoms with Gasteiger partial charge in [0.25, 0.3) is 10.1 Å². The molecule has 44 heavy (non-hydrogen) atoms. The molecule has 0 saturated heterocycles. The molecule has 0 radical (unpaired) electrons. The number of aliphatic hydroxyl groups is 2. The Hall–Kier alpha value is -1.74. The number of rotatable bonds is 30. The molecule has 3 atom stereocenters. The number of aliphatic hydroxyl groups excluding tert-OH is 2. The van der Waals surface area contributed by atoms with Crippen molar-refractivity contribution >= 4 is 16.0 Å². The monoisotopic (exact) mass is 639 g/mol. The molecule has 8 heteroatoms. The molecule has 1 amide bonds. The number of hydrogen-bond acceptors (Lipinski definition) is 5. The van der Waals surface area contributed by atoms with Crippen LogP contribution in [0.4, 0.5) is 0 Å². The first kappa shape index (κ1) is 42.3. The SMILES string of the molecule is CCCCCC/C=C\CCC(O)C(=O)NC(CS(=O)(=O)O)C(O)/C=C/CC/C=C/CC/C=C/CCCCCCCCCCC. The number of hydrogen-bond donors (Lipinski definition) is 4. The number of nitrogens with one attached hydrogen (secondary N) is 1. The van der Waals surface area contributed by atoms with Gasteiger partial charge in [-0.05, 0) is 64.2 Å². The van der Waals surface area contributed by atoms with Crippen molar-refractivity contribution in [3.8, 4) is 0 Å². The zero-order chi connectivity index (χ0) is 32.7. The fourth-order valence-corrected chi connectivity index (χ4v) is 5.57. The van der Waals surface area contributed by atoms with Crippen LogP contribution in [-0.4, -0.2) is 53.1 Å². The quantitative estimate of drug-likeness (QED) is 0.0355. The van der Waals surface area contributed by atoms with E-state index in [0.717, 1.165) is 38.5 Å². The molecule has 3 unspecified atom stereocenters. The summed E-state index contributed by atoms with van der Waals surface area (Å²) in [5.74, 6) is -1.62. The summed E-state index contributed by atoms with van der Waals surface area (Å²) in [4.78, 5) is 12.4. The highest BCUT2D eigenvalue weighted by Crippen LogP contribution is 2.11. The number of carbonyl (C=O) groups excluding carboxylic acids is 1. The Bertz CT molecular complexity index is 896. The van der Waals surface area contributed by atoms with Crippen molar-refractivity contribution in [2.24, 2.45) is 0 Å². The lowest BCUT2D eigenvalue weighted by molar-refractivity contribution is -0.130. The van der Waals surface area contributed by atoms with Crippen LogP contribution in [0.15, 0.2) is 48.6 Å². The van der Waals surface area contributed by atoms with Crippen molar-refractivity contribution in [1.29, 1.82) is 0 Å². The molecule has 0 saturated carbocycles. The van der Waals surface area contributed by atoms with Crippen LogP contribution in [-0.2, 0) is 14.9 Å². The van der Waals surface area contributed by atoms with E-state index in [9.17, 15) is 28.0 Å². The predicted molar refractivity (Wildman–Crippen MR) is 185 cm³/mol. The molecule has 0 aliphatic heterocycles. The minimum atomic E-state index is -4.46. The molecule has 0 bridgehead atoms. The first-order chi connectivity index (χ1) is 21.2. The van der Waals surface area contributed by atoms with Gasteiger partial charge in [0.15, 0.2) is 0 Å². The number of carbonyl (C=O) groups is 1. The minimum absolute atomic E-state index is 0.184. The smallest absolute Gasteiger partial charge is 0.267 e. The molecule has 0 spiro atoms.